The van der Waals surface area contributed by atoms with Crippen molar-refractivity contribution in [3.63, 3.8) is 0 Å². The molecule has 0 bridgehead atoms. The first-order valence-corrected chi connectivity index (χ1v) is 39.7. The number of carbonyl (C=O) groups excluding carboxylic acids is 2. The molecule has 1 atom stereocenters. The lowest BCUT2D eigenvalue weighted by atomic mass is 10.0. The molecular formula is C87H150O5. The Labute approximate surface area is 572 Å². The van der Waals surface area contributed by atoms with Gasteiger partial charge < -0.3 is 14.6 Å². The Hall–Kier alpha value is -3.96. The van der Waals surface area contributed by atoms with Crippen LogP contribution in [0, 0.1) is 0 Å². The van der Waals surface area contributed by atoms with Crippen molar-refractivity contribution in [2.24, 2.45) is 0 Å². The molecule has 5 heteroatoms. The highest BCUT2D eigenvalue weighted by molar-refractivity contribution is 5.70. The summed E-state index contributed by atoms with van der Waals surface area (Å²) in [6, 6.07) is 0. The smallest absolute Gasteiger partial charge is 0.306 e. The van der Waals surface area contributed by atoms with Crippen LogP contribution in [0.25, 0.3) is 0 Å². The van der Waals surface area contributed by atoms with Crippen LogP contribution in [0.1, 0.15) is 386 Å². The molecule has 1 N–H and O–H groups in total. The maximum Gasteiger partial charge on any atom is 0.306 e. The van der Waals surface area contributed by atoms with Gasteiger partial charge in [0.25, 0.3) is 0 Å². The molecule has 0 aliphatic heterocycles. The first kappa shape index (κ1) is 88.0. The molecule has 0 saturated carbocycles. The fraction of sp³-hybridized carbons (Fsp3) is 0.724. The van der Waals surface area contributed by atoms with Crippen LogP contribution in [-0.2, 0) is 19.1 Å². The summed E-state index contributed by atoms with van der Waals surface area (Å²) in [6.45, 7) is 4.05. The van der Waals surface area contributed by atoms with Crippen LogP contribution in [0.5, 0.6) is 0 Å². The molecule has 0 radical (unpaired) electrons. The Morgan fingerprint density at radius 1 is 0.261 bits per heavy atom. The van der Waals surface area contributed by atoms with Gasteiger partial charge in [0.05, 0.1) is 6.61 Å². The van der Waals surface area contributed by atoms with Crippen molar-refractivity contribution >= 4 is 11.9 Å². The van der Waals surface area contributed by atoms with Crippen LogP contribution in [0.4, 0.5) is 0 Å². The van der Waals surface area contributed by atoms with E-state index < -0.39 is 6.10 Å². The molecule has 0 rings (SSSR count). The zero-order valence-corrected chi connectivity index (χ0v) is 60.8. The first-order chi connectivity index (χ1) is 45.6. The number of allylic oxidation sites excluding steroid dienone is 22. The van der Waals surface area contributed by atoms with Crippen LogP contribution < -0.4 is 0 Å². The topological polar surface area (TPSA) is 72.8 Å². The average Bonchev–Trinajstić information content (AvgIpc) is 3.75. The van der Waals surface area contributed by atoms with Crippen LogP contribution >= 0.6 is 0 Å². The van der Waals surface area contributed by atoms with E-state index in [0.29, 0.717) is 12.8 Å². The lowest BCUT2D eigenvalue weighted by Crippen LogP contribution is -2.28. The molecule has 0 fully saturated rings. The van der Waals surface area contributed by atoms with E-state index in [4.69, 9.17) is 9.47 Å². The van der Waals surface area contributed by atoms with E-state index >= 15 is 0 Å². The molecule has 92 heavy (non-hydrogen) atoms. The van der Waals surface area contributed by atoms with Crippen molar-refractivity contribution in [3.05, 3.63) is 134 Å². The lowest BCUT2D eigenvalue weighted by molar-refractivity contribution is -0.161. The number of hydrogen-bond donors (Lipinski definition) is 1. The predicted molar refractivity (Wildman–Crippen MR) is 408 cm³/mol. The number of ether oxygens (including phenoxy) is 2. The molecule has 0 heterocycles. The summed E-state index contributed by atoms with van der Waals surface area (Å²) in [5.74, 6) is -0.605. The second kappa shape index (κ2) is 81.3. The number of esters is 2. The summed E-state index contributed by atoms with van der Waals surface area (Å²) < 4.78 is 10.8. The van der Waals surface area contributed by atoms with Crippen LogP contribution in [0.15, 0.2) is 134 Å². The van der Waals surface area contributed by atoms with Gasteiger partial charge in [-0.25, -0.2) is 0 Å². The molecule has 0 aromatic rings. The summed E-state index contributed by atoms with van der Waals surface area (Å²) >= 11 is 0. The average molecular weight is 1280 g/mol. The van der Waals surface area contributed by atoms with E-state index in [1.54, 1.807) is 0 Å². The standard InChI is InChI=1S/C87H150O5/c1-3-5-7-9-11-13-15-17-19-21-23-25-27-29-31-33-35-37-39-41-43-45-47-49-51-53-55-57-59-61-63-65-67-69-71-73-75-77-79-81-86(89)91-84-85(83-88)92-87(90)82-80-78-76-74-72-70-68-66-64-62-60-58-56-54-52-50-48-46-44-42-40-38-36-34-32-30-28-26-24-22-20-18-16-14-12-10-8-6-4-2/h6,8,12,14,18,20,24,26,30,32,36,38,42,44,48,50,54,56,60,62,66,68,85,88H,3-5,7,9-11,13,15-17,19,21-23,25,27-29,31,33-35,37,39-41,43,45-47,49,51-53,55,57-59,61,63-65,67,69-84H2,1-2H3/b8-6-,14-12-,20-18-,26-24-,32-30-,38-36-,44-42-,50-48-,56-54-,62-60-,68-66-. The van der Waals surface area contributed by atoms with E-state index in [1.165, 1.54) is 231 Å². The third kappa shape index (κ3) is 78.5. The largest absolute Gasteiger partial charge is 0.462 e. The molecule has 0 aliphatic carbocycles. The Morgan fingerprint density at radius 3 is 0.707 bits per heavy atom. The van der Waals surface area contributed by atoms with E-state index in [0.717, 1.165) is 128 Å². The molecular weight excluding hydrogens is 1120 g/mol. The van der Waals surface area contributed by atoms with Gasteiger partial charge in [-0.05, 0) is 96.3 Å². The normalized spacial score (nSPS) is 12.9. The second-order valence-corrected chi connectivity index (χ2v) is 26.4. The van der Waals surface area contributed by atoms with Gasteiger partial charge in [-0.3, -0.25) is 9.59 Å². The lowest BCUT2D eigenvalue weighted by Gasteiger charge is -2.15. The molecule has 0 spiro atoms. The zero-order chi connectivity index (χ0) is 66.1. The van der Waals surface area contributed by atoms with Gasteiger partial charge in [0.2, 0.25) is 0 Å². The molecule has 5 nitrogen and oxygen atoms in total. The zero-order valence-electron chi connectivity index (χ0n) is 60.8. The van der Waals surface area contributed by atoms with Crippen molar-refractivity contribution in [2.45, 2.75) is 392 Å². The van der Waals surface area contributed by atoms with Crippen molar-refractivity contribution < 1.29 is 24.2 Å². The van der Waals surface area contributed by atoms with E-state index in [-0.39, 0.29) is 25.2 Å². The number of carbonyl (C=O) groups is 2. The van der Waals surface area contributed by atoms with Crippen LogP contribution in [0.3, 0.4) is 0 Å². The van der Waals surface area contributed by atoms with Crippen molar-refractivity contribution in [3.8, 4) is 0 Å². The predicted octanol–water partition coefficient (Wildman–Crippen LogP) is 28.2. The van der Waals surface area contributed by atoms with Gasteiger partial charge in [0, 0.05) is 12.8 Å². The fourth-order valence-corrected chi connectivity index (χ4v) is 11.6. The highest BCUT2D eigenvalue weighted by atomic mass is 16.6. The number of aliphatic hydroxyl groups is 1. The maximum absolute atomic E-state index is 12.4. The van der Waals surface area contributed by atoms with Gasteiger partial charge in [0.15, 0.2) is 6.10 Å². The fourth-order valence-electron chi connectivity index (χ4n) is 11.6. The van der Waals surface area contributed by atoms with Gasteiger partial charge in [-0.15, -0.1) is 0 Å². The van der Waals surface area contributed by atoms with E-state index in [9.17, 15) is 14.7 Å². The summed E-state index contributed by atoms with van der Waals surface area (Å²) in [4.78, 5) is 24.7. The Bertz CT molecular complexity index is 1840. The molecule has 0 aromatic carbocycles. The highest BCUT2D eigenvalue weighted by Crippen LogP contribution is 2.19. The summed E-state index contributed by atoms with van der Waals surface area (Å²) in [5.41, 5.74) is 0. The number of rotatable bonds is 73. The van der Waals surface area contributed by atoms with Crippen molar-refractivity contribution in [2.75, 3.05) is 13.2 Å². The minimum Gasteiger partial charge on any atom is -0.462 e. The molecule has 528 valence electrons. The monoisotopic (exact) mass is 1280 g/mol. The van der Waals surface area contributed by atoms with Crippen LogP contribution in [-0.4, -0.2) is 36.4 Å². The molecule has 0 saturated heterocycles. The van der Waals surface area contributed by atoms with Crippen molar-refractivity contribution in [1.29, 1.82) is 0 Å². The van der Waals surface area contributed by atoms with Crippen LogP contribution in [0.2, 0.25) is 0 Å². The van der Waals surface area contributed by atoms with E-state index in [1.807, 2.05) is 0 Å². The quantitative estimate of drug-likeness (QED) is 0.0373. The van der Waals surface area contributed by atoms with E-state index in [2.05, 4.69) is 148 Å². The van der Waals surface area contributed by atoms with Gasteiger partial charge in [-0.1, -0.05) is 411 Å². The summed E-state index contributed by atoms with van der Waals surface area (Å²) in [7, 11) is 0. The number of hydrogen-bond acceptors (Lipinski definition) is 5. The summed E-state index contributed by atoms with van der Waals surface area (Å²) in [6.07, 6.45) is 121. The first-order valence-electron chi connectivity index (χ1n) is 39.7. The molecule has 0 aliphatic rings. The minimum atomic E-state index is -0.792. The molecule has 1 unspecified atom stereocenters. The molecule has 0 amide bonds. The van der Waals surface area contributed by atoms with Gasteiger partial charge >= 0.3 is 11.9 Å². The Kier molecular flexibility index (Phi) is 77.8. The summed E-state index contributed by atoms with van der Waals surface area (Å²) in [5, 5.41) is 9.72. The number of unbranched alkanes of at least 4 members (excludes halogenated alkanes) is 43. The Balaban J connectivity index is 3.50. The maximum atomic E-state index is 12.4. The van der Waals surface area contributed by atoms with Gasteiger partial charge in [0.1, 0.15) is 6.61 Å². The third-order valence-corrected chi connectivity index (χ3v) is 17.5. The Morgan fingerprint density at radius 2 is 0.467 bits per heavy atom. The SMILES string of the molecule is CC/C=C\C/C=C\C/C=C\C/C=C\C/C=C\C/C=C\C/C=C\C/C=C\C/C=C\C/C=C\C/C=C\CCCCCCCC(=O)OC(CO)COC(=O)CCCCCCCCCCCCCCCCCCCCCCCCCCCCCCCCCCCCCCCCC. The highest BCUT2D eigenvalue weighted by Gasteiger charge is 2.16. The second-order valence-electron chi connectivity index (χ2n) is 26.4. The molecule has 0 aromatic heterocycles. The van der Waals surface area contributed by atoms with Crippen molar-refractivity contribution in [1.82, 2.24) is 0 Å². The number of aliphatic hydroxyl groups excluding tert-OH is 1. The minimum absolute atomic E-state index is 0.0776. The van der Waals surface area contributed by atoms with Gasteiger partial charge in [-0.2, -0.15) is 0 Å². The third-order valence-electron chi connectivity index (χ3n) is 17.5.